The number of hydrogen-bond donors (Lipinski definition) is 1. The number of ether oxygens (including phenoxy) is 3. The summed E-state index contributed by atoms with van der Waals surface area (Å²) in [7, 11) is 1.84. The van der Waals surface area contributed by atoms with Crippen molar-refractivity contribution in [2.75, 3.05) is 59.7 Å². The first kappa shape index (κ1) is 25.5. The van der Waals surface area contributed by atoms with E-state index in [2.05, 4.69) is 25.1 Å². The molecule has 4 rings (SSSR count). The van der Waals surface area contributed by atoms with Gasteiger partial charge in [0.2, 0.25) is 5.88 Å². The van der Waals surface area contributed by atoms with Crippen LogP contribution in [0.4, 0.5) is 0 Å². The van der Waals surface area contributed by atoms with Crippen LogP contribution >= 0.6 is 24.0 Å². The molecule has 8 nitrogen and oxygen atoms in total. The Balaban J connectivity index is 0.00000306. The van der Waals surface area contributed by atoms with E-state index in [1.54, 1.807) is 0 Å². The van der Waals surface area contributed by atoms with Crippen LogP contribution in [0.1, 0.15) is 12.0 Å². The van der Waals surface area contributed by atoms with E-state index in [4.69, 9.17) is 14.2 Å². The van der Waals surface area contributed by atoms with Crippen molar-refractivity contribution in [2.24, 2.45) is 4.99 Å². The van der Waals surface area contributed by atoms with Crippen LogP contribution < -0.4 is 14.8 Å². The molecule has 180 valence electrons. The molecular weight excluding hydrogens is 533 g/mol. The summed E-state index contributed by atoms with van der Waals surface area (Å²) in [6, 6.07) is 14.2. The summed E-state index contributed by atoms with van der Waals surface area (Å²) in [5.74, 6) is 2.38. The molecule has 9 heteroatoms. The largest absolute Gasteiger partial charge is 0.490 e. The van der Waals surface area contributed by atoms with Crippen molar-refractivity contribution in [3.8, 4) is 11.6 Å². The average molecular weight is 567 g/mol. The van der Waals surface area contributed by atoms with Gasteiger partial charge in [-0.3, -0.25) is 9.89 Å². The van der Waals surface area contributed by atoms with E-state index < -0.39 is 0 Å². The third-order valence-corrected chi connectivity index (χ3v) is 5.83. The van der Waals surface area contributed by atoms with Gasteiger partial charge in [-0.15, -0.1) is 24.0 Å². The zero-order valence-corrected chi connectivity index (χ0v) is 21.5. The third-order valence-electron chi connectivity index (χ3n) is 5.83. The maximum Gasteiger partial charge on any atom is 0.213 e. The number of benzene rings is 1. The SMILES string of the molecule is CN=C(NCc1ccc(OCCOc2ccccc2)nc1)N1CCC(N2CCOCC2)C1.I. The summed E-state index contributed by atoms with van der Waals surface area (Å²) < 4.78 is 16.8. The van der Waals surface area contributed by atoms with E-state index in [0.29, 0.717) is 31.7 Å². The van der Waals surface area contributed by atoms with Crippen molar-refractivity contribution < 1.29 is 14.2 Å². The second-order valence-electron chi connectivity index (χ2n) is 7.95. The van der Waals surface area contributed by atoms with E-state index in [1.165, 1.54) is 6.42 Å². The Bertz CT molecular complexity index is 847. The fourth-order valence-electron chi connectivity index (χ4n) is 4.11. The Labute approximate surface area is 213 Å². The van der Waals surface area contributed by atoms with Gasteiger partial charge in [0.05, 0.1) is 13.2 Å². The number of nitrogens with one attached hydrogen (secondary N) is 1. The lowest BCUT2D eigenvalue weighted by Gasteiger charge is -2.32. The highest BCUT2D eigenvalue weighted by Gasteiger charge is 2.30. The number of guanidine groups is 1. The van der Waals surface area contributed by atoms with Crippen LogP contribution in [0.15, 0.2) is 53.7 Å². The maximum absolute atomic E-state index is 5.68. The molecule has 1 atom stereocenters. The lowest BCUT2D eigenvalue weighted by molar-refractivity contribution is 0.0195. The molecule has 0 amide bonds. The van der Waals surface area contributed by atoms with Gasteiger partial charge in [-0.05, 0) is 24.1 Å². The minimum absolute atomic E-state index is 0. The van der Waals surface area contributed by atoms with Gasteiger partial charge in [0, 0.05) is 58.1 Å². The Morgan fingerprint density at radius 3 is 2.61 bits per heavy atom. The first-order chi connectivity index (χ1) is 15.8. The molecule has 0 saturated carbocycles. The molecule has 0 aliphatic carbocycles. The van der Waals surface area contributed by atoms with Crippen molar-refractivity contribution in [3.63, 3.8) is 0 Å². The van der Waals surface area contributed by atoms with E-state index in [-0.39, 0.29) is 24.0 Å². The molecule has 2 fully saturated rings. The standard InChI is InChI=1S/C24H33N5O3.HI/c1-25-24(29-10-9-21(19-29)28-11-13-30-14-12-28)27-18-20-7-8-23(26-17-20)32-16-15-31-22-5-3-2-4-6-22;/h2-8,17,21H,9-16,18-19H2,1H3,(H,25,27);1H. The first-order valence-electron chi connectivity index (χ1n) is 11.3. The van der Waals surface area contributed by atoms with Crippen molar-refractivity contribution in [1.82, 2.24) is 20.1 Å². The van der Waals surface area contributed by atoms with Crippen LogP contribution in [0.3, 0.4) is 0 Å². The fraction of sp³-hybridized carbons (Fsp3) is 0.500. The van der Waals surface area contributed by atoms with Crippen molar-refractivity contribution in [3.05, 3.63) is 54.2 Å². The van der Waals surface area contributed by atoms with Gasteiger partial charge in [-0.1, -0.05) is 24.3 Å². The highest BCUT2D eigenvalue weighted by molar-refractivity contribution is 14.0. The third kappa shape index (κ3) is 7.72. The molecule has 0 radical (unpaired) electrons. The van der Waals surface area contributed by atoms with Crippen LogP contribution in [0.2, 0.25) is 0 Å². The second-order valence-corrected chi connectivity index (χ2v) is 7.95. The van der Waals surface area contributed by atoms with E-state index in [9.17, 15) is 0 Å². The van der Waals surface area contributed by atoms with Crippen molar-refractivity contribution in [1.29, 1.82) is 0 Å². The molecule has 0 bridgehead atoms. The van der Waals surface area contributed by atoms with Gasteiger partial charge < -0.3 is 24.4 Å². The van der Waals surface area contributed by atoms with Crippen LogP contribution in [-0.4, -0.2) is 86.4 Å². The van der Waals surface area contributed by atoms with Crippen LogP contribution in [0.5, 0.6) is 11.6 Å². The Hall–Kier alpha value is -2.11. The molecular formula is C24H34IN5O3. The average Bonchev–Trinajstić information content (AvgIpc) is 3.34. The van der Waals surface area contributed by atoms with Gasteiger partial charge in [-0.2, -0.15) is 0 Å². The number of hydrogen-bond acceptors (Lipinski definition) is 6. The minimum atomic E-state index is 0. The van der Waals surface area contributed by atoms with Gasteiger partial charge >= 0.3 is 0 Å². The smallest absolute Gasteiger partial charge is 0.213 e. The molecule has 0 spiro atoms. The van der Waals surface area contributed by atoms with Crippen LogP contribution in [0, 0.1) is 0 Å². The molecule has 2 aromatic rings. The zero-order chi connectivity index (χ0) is 22.0. The Morgan fingerprint density at radius 1 is 1.09 bits per heavy atom. The summed E-state index contributed by atoms with van der Waals surface area (Å²) in [5, 5.41) is 3.47. The van der Waals surface area contributed by atoms with E-state index in [0.717, 1.165) is 56.7 Å². The highest BCUT2D eigenvalue weighted by atomic mass is 127. The summed E-state index contributed by atoms with van der Waals surface area (Å²) in [6.07, 6.45) is 3.01. The zero-order valence-electron chi connectivity index (χ0n) is 19.2. The molecule has 3 heterocycles. The number of nitrogens with zero attached hydrogens (tertiary/aromatic N) is 4. The number of halogens is 1. The molecule has 1 aromatic carbocycles. The van der Waals surface area contributed by atoms with Gasteiger partial charge in [0.15, 0.2) is 5.96 Å². The number of morpholine rings is 1. The van der Waals surface area contributed by atoms with E-state index in [1.807, 2.05) is 55.7 Å². The molecule has 1 N–H and O–H groups in total. The maximum atomic E-state index is 5.68. The predicted molar refractivity (Wildman–Crippen MR) is 140 cm³/mol. The summed E-state index contributed by atoms with van der Waals surface area (Å²) in [6.45, 7) is 7.39. The van der Waals surface area contributed by atoms with Crippen molar-refractivity contribution in [2.45, 2.75) is 19.0 Å². The minimum Gasteiger partial charge on any atom is -0.490 e. The number of para-hydroxylation sites is 1. The highest BCUT2D eigenvalue weighted by Crippen LogP contribution is 2.17. The molecule has 2 aliphatic rings. The van der Waals surface area contributed by atoms with Crippen molar-refractivity contribution >= 4 is 29.9 Å². The number of likely N-dealkylation sites (tertiary alicyclic amines) is 1. The van der Waals surface area contributed by atoms with Gasteiger partial charge in [0.1, 0.15) is 19.0 Å². The topological polar surface area (TPSA) is 71.5 Å². The molecule has 33 heavy (non-hydrogen) atoms. The molecule has 2 saturated heterocycles. The van der Waals surface area contributed by atoms with Gasteiger partial charge in [0.25, 0.3) is 0 Å². The fourth-order valence-corrected chi connectivity index (χ4v) is 4.11. The number of rotatable bonds is 8. The Kier molecular flexibility index (Phi) is 10.5. The Morgan fingerprint density at radius 2 is 1.88 bits per heavy atom. The van der Waals surface area contributed by atoms with Crippen LogP contribution in [-0.2, 0) is 11.3 Å². The normalized spacial score (nSPS) is 19.1. The molecule has 1 unspecified atom stereocenters. The van der Waals surface area contributed by atoms with Crippen LogP contribution in [0.25, 0.3) is 0 Å². The number of aromatic nitrogens is 1. The van der Waals surface area contributed by atoms with E-state index >= 15 is 0 Å². The summed E-state index contributed by atoms with van der Waals surface area (Å²) in [4.78, 5) is 13.8. The lowest BCUT2D eigenvalue weighted by Crippen LogP contribution is -2.46. The first-order valence-corrected chi connectivity index (χ1v) is 11.3. The van der Waals surface area contributed by atoms with Gasteiger partial charge in [-0.25, -0.2) is 4.98 Å². The monoisotopic (exact) mass is 567 g/mol. The predicted octanol–water partition coefficient (Wildman–Crippen LogP) is 2.64. The number of pyridine rings is 1. The molecule has 2 aliphatic heterocycles. The summed E-state index contributed by atoms with van der Waals surface area (Å²) in [5.41, 5.74) is 1.09. The second kappa shape index (κ2) is 13.6. The number of aliphatic imine (C=N–C) groups is 1. The quantitative estimate of drug-likeness (QED) is 0.228. The molecule has 1 aromatic heterocycles. The lowest BCUT2D eigenvalue weighted by atomic mass is 10.2. The summed E-state index contributed by atoms with van der Waals surface area (Å²) >= 11 is 0.